The zero-order chi connectivity index (χ0) is 43.8. The van der Waals surface area contributed by atoms with Crippen molar-refractivity contribution in [2.24, 2.45) is 5.73 Å². The van der Waals surface area contributed by atoms with E-state index in [1.54, 1.807) is 12.1 Å². The van der Waals surface area contributed by atoms with Crippen molar-refractivity contribution < 1.29 is 43.0 Å². The monoisotopic (exact) mass is 851 g/mol. The summed E-state index contributed by atoms with van der Waals surface area (Å²) in [4.78, 5) is 83.3. The fourth-order valence-corrected chi connectivity index (χ4v) is 8.79. The number of nitrogens with two attached hydrogens (primary N) is 1. The van der Waals surface area contributed by atoms with Gasteiger partial charge in [0.25, 0.3) is 11.8 Å². The van der Waals surface area contributed by atoms with Gasteiger partial charge in [-0.25, -0.2) is 0 Å². The largest absolute Gasteiger partial charge is 0.490 e. The predicted molar refractivity (Wildman–Crippen MR) is 231 cm³/mol. The number of primary amides is 1. The lowest BCUT2D eigenvalue weighted by atomic mass is 9.95. The van der Waals surface area contributed by atoms with Crippen LogP contribution in [0.15, 0.2) is 54.6 Å². The fourth-order valence-electron chi connectivity index (χ4n) is 8.79. The molecule has 16 nitrogen and oxygen atoms in total. The molecule has 3 fully saturated rings. The third-order valence-electron chi connectivity index (χ3n) is 12.2. The van der Waals surface area contributed by atoms with Gasteiger partial charge in [-0.3, -0.25) is 48.8 Å². The highest BCUT2D eigenvalue weighted by atomic mass is 16.5. The zero-order valence-corrected chi connectivity index (χ0v) is 35.6. The van der Waals surface area contributed by atoms with Gasteiger partial charge < -0.3 is 30.2 Å². The minimum Gasteiger partial charge on any atom is -0.490 e. The number of piperazine rings is 1. The molecule has 0 aliphatic carbocycles. The molecule has 62 heavy (non-hydrogen) atoms. The standard InChI is InChI=1S/C46H57N7O9/c1-3-52(34-14-22-61-23-15-34)38-27-33(26-36(30(38)2)43(47)56)32-10-8-31(9-11-32)28-50-17-19-51(20-18-50)29-41(55)48-16-5-21-60-24-25-62-39-7-4-6-35-42(39)46(59)53(45(35)58)37-12-13-40(54)49-44(37)57/h4,6-11,26-27,34,37H,3,5,12-25,28-29H2,1-2H3,(H2,47,56)(H,48,55)(H,49,54,57). The molecule has 0 aromatic heterocycles. The zero-order valence-electron chi connectivity index (χ0n) is 35.6. The lowest BCUT2D eigenvalue weighted by molar-refractivity contribution is -0.136. The number of imide groups is 2. The summed E-state index contributed by atoms with van der Waals surface area (Å²) in [5.41, 5.74) is 11.8. The van der Waals surface area contributed by atoms with Crippen molar-refractivity contribution >= 4 is 41.1 Å². The molecule has 0 bridgehead atoms. The maximum absolute atomic E-state index is 13.2. The highest BCUT2D eigenvalue weighted by Gasteiger charge is 2.46. The highest BCUT2D eigenvalue weighted by molar-refractivity contribution is 6.24. The fraction of sp³-hybridized carbons (Fsp3) is 0.478. The van der Waals surface area contributed by atoms with E-state index >= 15 is 0 Å². The number of nitrogens with zero attached hydrogens (tertiary/aromatic N) is 4. The quantitative estimate of drug-likeness (QED) is 0.125. The molecule has 3 aromatic rings. The smallest absolute Gasteiger partial charge is 0.266 e. The number of hydrogen-bond donors (Lipinski definition) is 3. The SMILES string of the molecule is CCN(c1cc(-c2ccc(CN3CCN(CC(=O)NCCCOCCOc4cccc5c4C(=O)N(C4CCC(=O)NC4=O)C5=O)CC3)cc2)cc(C(N)=O)c1C)C1CCOCC1. The van der Waals surface area contributed by atoms with Gasteiger partial charge in [0, 0.05) is 89.3 Å². The maximum Gasteiger partial charge on any atom is 0.266 e. The average molecular weight is 852 g/mol. The van der Waals surface area contributed by atoms with Gasteiger partial charge in [0.15, 0.2) is 0 Å². The van der Waals surface area contributed by atoms with Crippen molar-refractivity contribution in [3.8, 4) is 16.9 Å². The molecule has 16 heteroatoms. The normalized spacial score (nSPS) is 18.7. The maximum atomic E-state index is 13.2. The van der Waals surface area contributed by atoms with E-state index in [9.17, 15) is 28.8 Å². The van der Waals surface area contributed by atoms with Crippen LogP contribution in [0.5, 0.6) is 5.75 Å². The Kier molecular flexibility index (Phi) is 14.6. The second-order valence-corrected chi connectivity index (χ2v) is 16.2. The summed E-state index contributed by atoms with van der Waals surface area (Å²) in [5.74, 6) is -2.55. The van der Waals surface area contributed by atoms with Crippen LogP contribution in [0, 0.1) is 6.92 Å². The van der Waals surface area contributed by atoms with Crippen molar-refractivity contribution in [2.75, 3.05) is 83.7 Å². The molecule has 1 atom stereocenters. The first-order chi connectivity index (χ1) is 30.0. The molecule has 7 rings (SSSR count). The van der Waals surface area contributed by atoms with Gasteiger partial charge in [0.1, 0.15) is 18.4 Å². The van der Waals surface area contributed by atoms with Crippen LogP contribution in [0.4, 0.5) is 5.69 Å². The molecule has 6 amide bonds. The van der Waals surface area contributed by atoms with Crippen molar-refractivity contribution in [2.45, 2.75) is 64.6 Å². The van der Waals surface area contributed by atoms with Crippen LogP contribution in [-0.2, 0) is 30.4 Å². The Balaban J connectivity index is 0.791. The van der Waals surface area contributed by atoms with E-state index in [2.05, 4.69) is 62.6 Å². The van der Waals surface area contributed by atoms with Crippen LogP contribution in [0.1, 0.15) is 81.2 Å². The lowest BCUT2D eigenvalue weighted by Gasteiger charge is -2.37. The molecule has 330 valence electrons. The Morgan fingerprint density at radius 1 is 0.903 bits per heavy atom. The third kappa shape index (κ3) is 10.3. The van der Waals surface area contributed by atoms with Gasteiger partial charge in [-0.05, 0) is 86.1 Å². The summed E-state index contributed by atoms with van der Waals surface area (Å²) in [5, 5.41) is 5.17. The molecule has 3 saturated heterocycles. The summed E-state index contributed by atoms with van der Waals surface area (Å²) in [7, 11) is 0. The van der Waals surface area contributed by atoms with Crippen molar-refractivity contribution in [3.63, 3.8) is 0 Å². The van der Waals surface area contributed by atoms with E-state index in [1.165, 1.54) is 11.6 Å². The van der Waals surface area contributed by atoms with Crippen LogP contribution in [0.2, 0.25) is 0 Å². The number of nitrogens with one attached hydrogen (secondary N) is 2. The minimum absolute atomic E-state index is 0.0329. The number of fused-ring (bicyclic) bond motifs is 1. The van der Waals surface area contributed by atoms with E-state index in [0.717, 1.165) is 92.6 Å². The third-order valence-corrected chi connectivity index (χ3v) is 12.2. The van der Waals surface area contributed by atoms with Gasteiger partial charge in [-0.2, -0.15) is 0 Å². The van der Waals surface area contributed by atoms with E-state index in [0.29, 0.717) is 37.7 Å². The van der Waals surface area contributed by atoms with Crippen molar-refractivity contribution in [1.29, 1.82) is 0 Å². The Hall–Kier alpha value is -5.68. The first kappa shape index (κ1) is 44.4. The average Bonchev–Trinajstić information content (AvgIpc) is 3.52. The molecular weight excluding hydrogens is 795 g/mol. The van der Waals surface area contributed by atoms with Crippen LogP contribution in [0.3, 0.4) is 0 Å². The molecule has 4 heterocycles. The Morgan fingerprint density at radius 2 is 1.65 bits per heavy atom. The van der Waals surface area contributed by atoms with Gasteiger partial charge in [-0.1, -0.05) is 30.3 Å². The number of amides is 6. The molecule has 0 spiro atoms. The summed E-state index contributed by atoms with van der Waals surface area (Å²) < 4.78 is 17.1. The molecule has 1 unspecified atom stereocenters. The first-order valence-electron chi connectivity index (χ1n) is 21.7. The van der Waals surface area contributed by atoms with Gasteiger partial charge in [-0.15, -0.1) is 0 Å². The number of carbonyl (C=O) groups is 6. The van der Waals surface area contributed by atoms with Gasteiger partial charge in [0.05, 0.1) is 24.3 Å². The molecule has 0 radical (unpaired) electrons. The Labute approximate surface area is 362 Å². The van der Waals surface area contributed by atoms with E-state index in [1.807, 2.05) is 13.0 Å². The summed E-state index contributed by atoms with van der Waals surface area (Å²) in [6.45, 7) is 12.1. The van der Waals surface area contributed by atoms with Gasteiger partial charge >= 0.3 is 0 Å². The molecular formula is C46H57N7O9. The van der Waals surface area contributed by atoms with Crippen LogP contribution < -0.4 is 26.0 Å². The van der Waals surface area contributed by atoms with Crippen molar-refractivity contribution in [1.82, 2.24) is 25.3 Å². The Bertz CT molecular complexity index is 2150. The second kappa shape index (κ2) is 20.5. The van der Waals surface area contributed by atoms with Crippen LogP contribution in [0.25, 0.3) is 11.1 Å². The first-order valence-corrected chi connectivity index (χ1v) is 21.7. The Morgan fingerprint density at radius 3 is 2.35 bits per heavy atom. The molecule has 3 aromatic carbocycles. The summed E-state index contributed by atoms with van der Waals surface area (Å²) >= 11 is 0. The number of rotatable bonds is 18. The number of piperidine rings is 1. The highest BCUT2D eigenvalue weighted by Crippen LogP contribution is 2.35. The predicted octanol–water partition coefficient (Wildman–Crippen LogP) is 2.89. The van der Waals surface area contributed by atoms with Crippen molar-refractivity contribution in [3.05, 3.63) is 82.4 Å². The molecule has 0 saturated carbocycles. The van der Waals surface area contributed by atoms with Crippen LogP contribution in [-0.4, -0.2) is 141 Å². The molecule has 4 N–H and O–H groups in total. The summed E-state index contributed by atoms with van der Waals surface area (Å²) in [6.07, 6.45) is 2.63. The van der Waals surface area contributed by atoms with Crippen LogP contribution >= 0.6 is 0 Å². The number of hydrogen-bond acceptors (Lipinski definition) is 12. The number of carbonyl (C=O) groups excluding carboxylic acids is 6. The summed E-state index contributed by atoms with van der Waals surface area (Å²) in [6, 6.07) is 16.6. The molecule has 4 aliphatic rings. The number of benzene rings is 3. The number of ether oxygens (including phenoxy) is 3. The number of anilines is 1. The van der Waals surface area contributed by atoms with Gasteiger partial charge in [0.2, 0.25) is 23.6 Å². The minimum atomic E-state index is -1.05. The topological polar surface area (TPSA) is 193 Å². The van der Waals surface area contributed by atoms with E-state index in [-0.39, 0.29) is 48.8 Å². The second-order valence-electron chi connectivity index (χ2n) is 16.2. The molecule has 4 aliphatic heterocycles. The lowest BCUT2D eigenvalue weighted by Crippen LogP contribution is -2.54. The van der Waals surface area contributed by atoms with E-state index in [4.69, 9.17) is 19.9 Å². The van der Waals surface area contributed by atoms with E-state index < -0.39 is 35.6 Å².